The zero-order valence-electron chi connectivity index (χ0n) is 34.7. The molecule has 2 unspecified atom stereocenters. The molecule has 8 nitrogen and oxygen atoms in total. The molecule has 54 heavy (non-hydrogen) atoms. The Morgan fingerprint density at radius 3 is 2.06 bits per heavy atom. The van der Waals surface area contributed by atoms with Gasteiger partial charge in [-0.15, -0.1) is 0 Å². The van der Waals surface area contributed by atoms with E-state index in [0.29, 0.717) is 54.5 Å². The lowest BCUT2D eigenvalue weighted by atomic mass is 9.69. The van der Waals surface area contributed by atoms with Gasteiger partial charge in [-0.25, -0.2) is 0 Å². The van der Waals surface area contributed by atoms with Crippen LogP contribution in [-0.4, -0.2) is 47.7 Å². The number of ether oxygens (including phenoxy) is 6. The van der Waals surface area contributed by atoms with Crippen LogP contribution in [0.25, 0.3) is 0 Å². The lowest BCUT2D eigenvalue weighted by Crippen LogP contribution is -2.41. The van der Waals surface area contributed by atoms with Gasteiger partial charge >= 0.3 is 0 Å². The van der Waals surface area contributed by atoms with Crippen LogP contribution in [0.1, 0.15) is 121 Å². The first-order valence-electron chi connectivity index (χ1n) is 20.1. The topological polar surface area (TPSA) is 91.2 Å². The molecule has 0 spiro atoms. The first-order valence-corrected chi connectivity index (χ1v) is 20.1. The standard InChI is InChI=1S/C46H66N2O6/c1-11-12-16-26-53-42-37-29-36(22-17-25-46(30-47,32(4)5)35-23-24-38(49-7)39(28-35)50-8)48-41(34-20-14-13-15-21-34)40(37)43(45(52-10)44(42)51-9)54-27-18-19-33(6)31(2)3/h13-15,20-21,23-24,28,31-33,36,41,48H,11-12,16-19,22,25-27,29H2,1-10H3/t33-,36-,41?,46?/m0/s1. The average molecular weight is 743 g/mol. The molecule has 3 aromatic rings. The Balaban J connectivity index is 1.76. The predicted molar refractivity (Wildman–Crippen MR) is 218 cm³/mol. The van der Waals surface area contributed by atoms with Crippen molar-refractivity contribution in [2.24, 2.45) is 17.8 Å². The van der Waals surface area contributed by atoms with E-state index in [2.05, 4.69) is 83.3 Å². The van der Waals surface area contributed by atoms with Gasteiger partial charge in [0.15, 0.2) is 23.0 Å². The van der Waals surface area contributed by atoms with Crippen molar-refractivity contribution in [1.29, 1.82) is 5.26 Å². The molecule has 0 aliphatic carbocycles. The summed E-state index contributed by atoms with van der Waals surface area (Å²) in [5.74, 6) is 5.23. The van der Waals surface area contributed by atoms with E-state index in [9.17, 15) is 5.26 Å². The largest absolute Gasteiger partial charge is 0.493 e. The molecule has 3 aromatic carbocycles. The summed E-state index contributed by atoms with van der Waals surface area (Å²) < 4.78 is 36.9. The van der Waals surface area contributed by atoms with Crippen molar-refractivity contribution < 1.29 is 28.4 Å². The van der Waals surface area contributed by atoms with E-state index in [1.54, 1.807) is 28.4 Å². The van der Waals surface area contributed by atoms with Gasteiger partial charge in [0, 0.05) is 17.2 Å². The maximum Gasteiger partial charge on any atom is 0.207 e. The fourth-order valence-electron chi connectivity index (χ4n) is 7.81. The molecule has 0 amide bonds. The van der Waals surface area contributed by atoms with Gasteiger partial charge in [0.05, 0.1) is 59.2 Å². The number of benzene rings is 3. The lowest BCUT2D eigenvalue weighted by molar-refractivity contribution is 0.240. The Morgan fingerprint density at radius 1 is 0.778 bits per heavy atom. The number of nitrogens with zero attached hydrogens (tertiary/aromatic N) is 1. The highest BCUT2D eigenvalue weighted by atomic mass is 16.5. The van der Waals surface area contributed by atoms with Crippen LogP contribution >= 0.6 is 0 Å². The summed E-state index contributed by atoms with van der Waals surface area (Å²) in [6, 6.07) is 19.1. The number of nitrogens with one attached hydrogen (secondary N) is 1. The Morgan fingerprint density at radius 2 is 1.44 bits per heavy atom. The number of hydrogen-bond acceptors (Lipinski definition) is 8. The molecule has 0 saturated carbocycles. The number of hydrogen-bond donors (Lipinski definition) is 1. The average Bonchev–Trinajstić information content (AvgIpc) is 3.19. The van der Waals surface area contributed by atoms with Crippen molar-refractivity contribution in [3.05, 3.63) is 70.8 Å². The van der Waals surface area contributed by atoms with Crippen LogP contribution in [0.15, 0.2) is 48.5 Å². The van der Waals surface area contributed by atoms with E-state index in [1.807, 2.05) is 18.2 Å². The minimum absolute atomic E-state index is 0.0841. The van der Waals surface area contributed by atoms with Crippen LogP contribution < -0.4 is 33.7 Å². The maximum absolute atomic E-state index is 10.8. The van der Waals surface area contributed by atoms with Gasteiger partial charge in [-0.05, 0) is 86.0 Å². The van der Waals surface area contributed by atoms with E-state index in [0.717, 1.165) is 85.1 Å². The third-order valence-corrected chi connectivity index (χ3v) is 11.5. The highest BCUT2D eigenvalue weighted by molar-refractivity contribution is 5.69. The smallest absolute Gasteiger partial charge is 0.207 e. The molecule has 0 saturated heterocycles. The number of fused-ring (bicyclic) bond motifs is 1. The van der Waals surface area contributed by atoms with E-state index >= 15 is 0 Å². The van der Waals surface area contributed by atoms with Crippen molar-refractivity contribution >= 4 is 0 Å². The molecule has 8 heteroatoms. The van der Waals surface area contributed by atoms with Gasteiger partial charge < -0.3 is 33.7 Å². The van der Waals surface area contributed by atoms with Gasteiger partial charge in [0.25, 0.3) is 0 Å². The van der Waals surface area contributed by atoms with Gasteiger partial charge in [-0.3, -0.25) is 0 Å². The Kier molecular flexibility index (Phi) is 16.2. The molecule has 1 aliphatic rings. The monoisotopic (exact) mass is 742 g/mol. The number of unbranched alkanes of at least 4 members (excludes halogenated alkanes) is 2. The SMILES string of the molecule is CCCCCOc1c2c(c(OCCC[C@H](C)C(C)C)c(OC)c1OC)C(c1ccccc1)N[C@@H](CCCC(C#N)(c1ccc(OC)c(OC)c1)C(C)C)C2. The van der Waals surface area contributed by atoms with Gasteiger partial charge in [0.2, 0.25) is 11.5 Å². The summed E-state index contributed by atoms with van der Waals surface area (Å²) in [5, 5.41) is 14.8. The summed E-state index contributed by atoms with van der Waals surface area (Å²) in [6.45, 7) is 14.5. The number of rotatable bonds is 22. The van der Waals surface area contributed by atoms with E-state index in [1.165, 1.54) is 0 Å². The highest BCUT2D eigenvalue weighted by Gasteiger charge is 2.40. The van der Waals surface area contributed by atoms with Crippen molar-refractivity contribution in [2.75, 3.05) is 41.7 Å². The number of methoxy groups -OCH3 is 4. The van der Waals surface area contributed by atoms with Crippen molar-refractivity contribution in [2.45, 2.75) is 117 Å². The molecular weight excluding hydrogens is 677 g/mol. The second kappa shape index (κ2) is 20.6. The zero-order chi connectivity index (χ0) is 39.3. The molecule has 4 atom stereocenters. The van der Waals surface area contributed by atoms with Crippen LogP contribution in [0.2, 0.25) is 0 Å². The second-order valence-corrected chi connectivity index (χ2v) is 15.5. The molecule has 0 radical (unpaired) electrons. The molecule has 0 fully saturated rings. The number of nitriles is 1. The zero-order valence-corrected chi connectivity index (χ0v) is 34.7. The third kappa shape index (κ3) is 9.76. The Hall–Kier alpha value is -4.09. The quantitative estimate of drug-likeness (QED) is 0.102. The first kappa shape index (κ1) is 42.6. The Labute approximate surface area is 325 Å². The normalized spacial score (nSPS) is 16.9. The molecule has 0 aromatic heterocycles. The molecule has 1 aliphatic heterocycles. The fourth-order valence-corrected chi connectivity index (χ4v) is 7.81. The summed E-state index contributed by atoms with van der Waals surface area (Å²) in [5.41, 5.74) is 3.55. The molecular formula is C46H66N2O6. The molecule has 296 valence electrons. The van der Waals surface area contributed by atoms with E-state index in [-0.39, 0.29) is 18.0 Å². The predicted octanol–water partition coefficient (Wildman–Crippen LogP) is 10.6. The van der Waals surface area contributed by atoms with Crippen LogP contribution in [0.3, 0.4) is 0 Å². The van der Waals surface area contributed by atoms with Gasteiger partial charge in [0.1, 0.15) is 0 Å². The minimum atomic E-state index is -0.691. The summed E-state index contributed by atoms with van der Waals surface area (Å²) >= 11 is 0. The summed E-state index contributed by atoms with van der Waals surface area (Å²) in [7, 11) is 6.64. The highest BCUT2D eigenvalue weighted by Crippen LogP contribution is 2.54. The van der Waals surface area contributed by atoms with Crippen LogP contribution in [0, 0.1) is 29.1 Å². The summed E-state index contributed by atoms with van der Waals surface area (Å²) in [6.07, 6.45) is 8.30. The van der Waals surface area contributed by atoms with E-state index < -0.39 is 5.41 Å². The van der Waals surface area contributed by atoms with Crippen LogP contribution in [-0.2, 0) is 11.8 Å². The van der Waals surface area contributed by atoms with Crippen molar-refractivity contribution in [3.63, 3.8) is 0 Å². The second-order valence-electron chi connectivity index (χ2n) is 15.5. The first-order chi connectivity index (χ1) is 26.1. The molecule has 0 bridgehead atoms. The maximum atomic E-state index is 10.8. The fraction of sp³-hybridized carbons (Fsp3) is 0.587. The van der Waals surface area contributed by atoms with Gasteiger partial charge in [-0.2, -0.15) is 5.26 Å². The van der Waals surface area contributed by atoms with E-state index in [4.69, 9.17) is 28.4 Å². The van der Waals surface area contributed by atoms with Crippen molar-refractivity contribution in [1.82, 2.24) is 5.32 Å². The molecule has 1 heterocycles. The molecule has 4 rings (SSSR count). The Bertz CT molecular complexity index is 1650. The minimum Gasteiger partial charge on any atom is -0.493 e. The van der Waals surface area contributed by atoms with Crippen LogP contribution in [0.5, 0.6) is 34.5 Å². The summed E-state index contributed by atoms with van der Waals surface area (Å²) in [4.78, 5) is 0. The lowest BCUT2D eigenvalue weighted by Gasteiger charge is -2.38. The van der Waals surface area contributed by atoms with Crippen molar-refractivity contribution in [3.8, 4) is 40.6 Å². The molecule has 1 N–H and O–H groups in total. The van der Waals surface area contributed by atoms with Gasteiger partial charge in [-0.1, -0.05) is 90.8 Å². The third-order valence-electron chi connectivity index (χ3n) is 11.5. The van der Waals surface area contributed by atoms with Crippen LogP contribution in [0.4, 0.5) is 0 Å².